The summed E-state index contributed by atoms with van der Waals surface area (Å²) in [4.78, 5) is 19.0. The summed E-state index contributed by atoms with van der Waals surface area (Å²) in [5.41, 5.74) is 7.43. The van der Waals surface area contributed by atoms with Crippen LogP contribution >= 0.6 is 0 Å². The van der Waals surface area contributed by atoms with Gasteiger partial charge in [0.25, 0.3) is 11.2 Å². The molecule has 1 saturated heterocycles. The maximum absolute atomic E-state index is 12.9. The van der Waals surface area contributed by atoms with Gasteiger partial charge in [-0.25, -0.2) is 4.57 Å². The van der Waals surface area contributed by atoms with Gasteiger partial charge in [-0.3, -0.25) is 9.20 Å². The molecule has 0 aromatic carbocycles. The van der Waals surface area contributed by atoms with Crippen molar-refractivity contribution in [3.63, 3.8) is 0 Å². The number of anilines is 1. The van der Waals surface area contributed by atoms with Gasteiger partial charge >= 0.3 is 0 Å². The number of morpholine rings is 1. The minimum atomic E-state index is -0.195. The van der Waals surface area contributed by atoms with Gasteiger partial charge in [-0.2, -0.15) is 5.26 Å². The van der Waals surface area contributed by atoms with Gasteiger partial charge in [0.2, 0.25) is 11.5 Å². The molecule has 0 aliphatic carbocycles. The first-order valence-electron chi connectivity index (χ1n) is 9.14. The highest BCUT2D eigenvalue weighted by atomic mass is 16.5. The van der Waals surface area contributed by atoms with Gasteiger partial charge < -0.3 is 15.4 Å². The first-order valence-corrected chi connectivity index (χ1v) is 9.14. The van der Waals surface area contributed by atoms with Crippen LogP contribution in [0.15, 0.2) is 35.3 Å². The molecule has 4 heterocycles. The van der Waals surface area contributed by atoms with E-state index < -0.39 is 0 Å². The summed E-state index contributed by atoms with van der Waals surface area (Å²) in [5.74, 6) is 0.356. The Morgan fingerprint density at radius 1 is 1.37 bits per heavy atom. The van der Waals surface area contributed by atoms with E-state index in [0.717, 1.165) is 39.3 Å². The molecule has 27 heavy (non-hydrogen) atoms. The molecular weight excluding hydrogens is 344 g/mol. The number of nitrogens with one attached hydrogen (secondary N) is 1. The predicted octanol–water partition coefficient (Wildman–Crippen LogP) is -1.11. The predicted molar refractivity (Wildman–Crippen MR) is 99.3 cm³/mol. The fourth-order valence-corrected chi connectivity index (χ4v) is 3.61. The third-order valence-corrected chi connectivity index (χ3v) is 5.09. The lowest BCUT2D eigenvalue weighted by Gasteiger charge is -2.23. The maximum atomic E-state index is 12.9. The van der Waals surface area contributed by atoms with Crippen molar-refractivity contribution < 1.29 is 14.2 Å². The van der Waals surface area contributed by atoms with Crippen LogP contribution in [0.25, 0.3) is 16.7 Å². The molecule has 8 nitrogen and oxygen atoms in total. The van der Waals surface area contributed by atoms with E-state index in [1.165, 1.54) is 9.30 Å². The van der Waals surface area contributed by atoms with Crippen LogP contribution in [-0.4, -0.2) is 42.2 Å². The molecule has 0 atom stereocenters. The first kappa shape index (κ1) is 17.4. The fourth-order valence-electron chi connectivity index (χ4n) is 3.61. The van der Waals surface area contributed by atoms with Gasteiger partial charge in [-0.1, -0.05) is 11.1 Å². The summed E-state index contributed by atoms with van der Waals surface area (Å²) in [6.45, 7) is 5.19. The molecule has 1 aliphatic heterocycles. The molecule has 0 bridgehead atoms. The number of nitrogens with zero attached hydrogens (tertiary/aromatic N) is 4. The van der Waals surface area contributed by atoms with Crippen LogP contribution in [0, 0.1) is 11.3 Å². The standard InChI is InChI=1S/C19H20N6O2/c20-13-14-12-15-18(22-16-4-1-2-6-24(16)19(15)26)25(17(14)21)7-3-5-23-8-10-27-11-9-23/h1-2,4,6,12,21H,3,5,7-11H2/p+2. The molecule has 4 rings (SSSR count). The fraction of sp³-hybridized carbons (Fsp3) is 0.368. The Labute approximate surface area is 156 Å². The van der Waals surface area contributed by atoms with E-state index in [2.05, 4.69) is 11.1 Å². The van der Waals surface area contributed by atoms with Crippen molar-refractivity contribution in [3.8, 4) is 6.07 Å². The molecule has 3 N–H and O–H groups in total. The lowest BCUT2D eigenvalue weighted by Crippen LogP contribution is -3.14. The molecule has 0 unspecified atom stereocenters. The van der Waals surface area contributed by atoms with Crippen molar-refractivity contribution in [2.45, 2.75) is 13.0 Å². The molecule has 0 radical (unpaired) electrons. The molecular formula is C19H22N6O2+2. The number of nitrogens with two attached hydrogens (primary N) is 1. The third-order valence-electron chi connectivity index (χ3n) is 5.09. The number of rotatable bonds is 4. The average molecular weight is 366 g/mol. The van der Waals surface area contributed by atoms with E-state index >= 15 is 0 Å². The number of nitriles is 1. The van der Waals surface area contributed by atoms with E-state index in [0.29, 0.717) is 34.6 Å². The van der Waals surface area contributed by atoms with Gasteiger partial charge in [0.1, 0.15) is 30.1 Å². The van der Waals surface area contributed by atoms with Crippen molar-refractivity contribution in [2.75, 3.05) is 38.6 Å². The lowest BCUT2D eigenvalue weighted by molar-refractivity contribution is -0.910. The van der Waals surface area contributed by atoms with Crippen LogP contribution in [0.3, 0.4) is 0 Å². The van der Waals surface area contributed by atoms with E-state index in [-0.39, 0.29) is 5.56 Å². The van der Waals surface area contributed by atoms with Crippen molar-refractivity contribution >= 4 is 22.5 Å². The number of nitrogen functional groups attached to an aromatic ring is 1. The average Bonchev–Trinajstić information content (AvgIpc) is 2.71. The van der Waals surface area contributed by atoms with Gasteiger partial charge in [0.15, 0.2) is 0 Å². The summed E-state index contributed by atoms with van der Waals surface area (Å²) in [6.07, 6.45) is 2.56. The minimum Gasteiger partial charge on any atom is -0.370 e. The largest absolute Gasteiger partial charge is 0.370 e. The number of hydrogen-bond donors (Lipinski definition) is 2. The van der Waals surface area contributed by atoms with E-state index in [9.17, 15) is 10.1 Å². The highest BCUT2D eigenvalue weighted by Gasteiger charge is 2.21. The van der Waals surface area contributed by atoms with Crippen LogP contribution in [0.4, 0.5) is 5.82 Å². The summed E-state index contributed by atoms with van der Waals surface area (Å²) < 4.78 is 8.69. The van der Waals surface area contributed by atoms with Gasteiger partial charge in [-0.15, -0.1) is 0 Å². The molecule has 0 saturated carbocycles. The van der Waals surface area contributed by atoms with E-state index in [1.54, 1.807) is 24.4 Å². The quantitative estimate of drug-likeness (QED) is 0.451. The summed E-state index contributed by atoms with van der Waals surface area (Å²) in [7, 11) is 0. The Kier molecular flexibility index (Phi) is 4.71. The zero-order valence-electron chi connectivity index (χ0n) is 15.0. The van der Waals surface area contributed by atoms with E-state index in [4.69, 9.17) is 10.5 Å². The van der Waals surface area contributed by atoms with Crippen LogP contribution < -0.4 is 20.8 Å². The number of aryl methyl sites for hydroxylation is 1. The SMILES string of the molecule is N#Cc1cc2c(=O)n3ccccc3nc2[n+](CCC[NH+]2CCOCC2)c1N. The summed E-state index contributed by atoms with van der Waals surface area (Å²) in [6, 6.07) is 9.05. The smallest absolute Gasteiger partial charge is 0.278 e. The zero-order valence-corrected chi connectivity index (χ0v) is 15.0. The van der Waals surface area contributed by atoms with Crippen LogP contribution in [0.5, 0.6) is 0 Å². The molecule has 0 spiro atoms. The first-order chi connectivity index (χ1) is 13.2. The second-order valence-corrected chi connectivity index (χ2v) is 6.76. The van der Waals surface area contributed by atoms with E-state index in [1.807, 2.05) is 10.6 Å². The molecule has 3 aromatic rings. The molecule has 1 fully saturated rings. The monoisotopic (exact) mass is 366 g/mol. The molecule has 1 aliphatic rings. The van der Waals surface area contributed by atoms with Crippen molar-refractivity contribution in [2.24, 2.45) is 0 Å². The normalized spacial score (nSPS) is 15.2. The number of hydrogen-bond acceptors (Lipinski definition) is 5. The Hall–Kier alpha value is -3.02. The summed E-state index contributed by atoms with van der Waals surface area (Å²) in [5, 5.41) is 9.85. The third kappa shape index (κ3) is 3.23. The number of ether oxygens (including phenoxy) is 1. The Bertz CT molecular complexity index is 1100. The number of fused-ring (bicyclic) bond motifs is 2. The Balaban J connectivity index is 1.76. The second-order valence-electron chi connectivity index (χ2n) is 6.76. The second kappa shape index (κ2) is 7.31. The van der Waals surface area contributed by atoms with Crippen molar-refractivity contribution in [1.82, 2.24) is 9.38 Å². The molecule has 8 heteroatoms. The topological polar surface area (TPSA) is 102 Å². The highest BCUT2D eigenvalue weighted by molar-refractivity contribution is 5.76. The molecule has 138 valence electrons. The summed E-state index contributed by atoms with van der Waals surface area (Å²) >= 11 is 0. The number of aromatic nitrogens is 3. The highest BCUT2D eigenvalue weighted by Crippen LogP contribution is 2.13. The van der Waals surface area contributed by atoms with Crippen molar-refractivity contribution in [1.29, 1.82) is 5.26 Å². The van der Waals surface area contributed by atoms with Crippen LogP contribution in [0.1, 0.15) is 12.0 Å². The van der Waals surface area contributed by atoms with Crippen LogP contribution in [-0.2, 0) is 11.3 Å². The van der Waals surface area contributed by atoms with Crippen molar-refractivity contribution in [3.05, 3.63) is 46.4 Å². The van der Waals surface area contributed by atoms with Gasteiger partial charge in [-0.05, 0) is 18.2 Å². The number of quaternary nitrogens is 1. The Morgan fingerprint density at radius 2 is 2.19 bits per heavy atom. The van der Waals surface area contributed by atoms with Gasteiger partial charge in [0, 0.05) is 12.6 Å². The zero-order chi connectivity index (χ0) is 18.8. The minimum absolute atomic E-state index is 0.195. The number of pyridine rings is 2. The molecule has 0 amide bonds. The van der Waals surface area contributed by atoms with Crippen LogP contribution in [0.2, 0.25) is 0 Å². The Morgan fingerprint density at radius 3 is 2.96 bits per heavy atom. The molecule has 3 aromatic heterocycles. The maximum Gasteiger partial charge on any atom is 0.278 e. The van der Waals surface area contributed by atoms with Gasteiger partial charge in [0.05, 0.1) is 26.3 Å². The lowest BCUT2D eigenvalue weighted by atomic mass is 10.2.